The van der Waals surface area contributed by atoms with Gasteiger partial charge in [0, 0.05) is 29.4 Å². The number of aromatic nitrogens is 4. The number of anilines is 1. The van der Waals surface area contributed by atoms with Gasteiger partial charge in [-0.3, -0.25) is 4.79 Å². The molecular weight excluding hydrogens is 369 g/mol. The summed E-state index contributed by atoms with van der Waals surface area (Å²) in [6.07, 6.45) is 2.52. The van der Waals surface area contributed by atoms with Gasteiger partial charge in [0.05, 0.1) is 5.69 Å². The van der Waals surface area contributed by atoms with E-state index in [0.29, 0.717) is 31.0 Å². The number of halogens is 2. The molecule has 1 aliphatic carbocycles. The van der Waals surface area contributed by atoms with E-state index in [1.54, 1.807) is 11.8 Å². The number of hydrogen-bond donors (Lipinski definition) is 2. The van der Waals surface area contributed by atoms with Crippen molar-refractivity contribution in [2.75, 3.05) is 11.1 Å². The SMILES string of the molecule is O=C(CCCc1nn[nH]n1)Nc1ccccc1SCC1CC1(Cl)Cl. The molecule has 3 rings (SSSR count). The molecule has 6 nitrogen and oxygen atoms in total. The zero-order valence-electron chi connectivity index (χ0n) is 12.8. The predicted octanol–water partition coefficient (Wildman–Crippen LogP) is 3.45. The maximum atomic E-state index is 12.1. The van der Waals surface area contributed by atoms with Gasteiger partial charge in [0.2, 0.25) is 5.91 Å². The van der Waals surface area contributed by atoms with Crippen LogP contribution in [0, 0.1) is 5.92 Å². The highest BCUT2D eigenvalue weighted by Gasteiger charge is 2.51. The highest BCUT2D eigenvalue weighted by Crippen LogP contribution is 2.55. The highest BCUT2D eigenvalue weighted by molar-refractivity contribution is 7.99. The number of hydrogen-bond acceptors (Lipinski definition) is 5. The van der Waals surface area contributed by atoms with E-state index < -0.39 is 4.33 Å². The first kappa shape index (κ1) is 17.5. The minimum atomic E-state index is -0.569. The molecule has 9 heteroatoms. The first-order valence-corrected chi connectivity index (χ1v) is 9.40. The van der Waals surface area contributed by atoms with Crippen LogP contribution in [0.5, 0.6) is 0 Å². The molecule has 2 N–H and O–H groups in total. The molecule has 1 amide bonds. The third-order valence-electron chi connectivity index (χ3n) is 3.75. The van der Waals surface area contributed by atoms with E-state index in [2.05, 4.69) is 25.9 Å². The summed E-state index contributed by atoms with van der Waals surface area (Å²) in [6, 6.07) is 7.76. The van der Waals surface area contributed by atoms with Gasteiger partial charge in [0.1, 0.15) is 4.33 Å². The number of aryl methyl sites for hydroxylation is 1. The van der Waals surface area contributed by atoms with Crippen LogP contribution in [-0.2, 0) is 11.2 Å². The predicted molar refractivity (Wildman–Crippen MR) is 95.5 cm³/mol. The first-order chi connectivity index (χ1) is 11.5. The Balaban J connectivity index is 1.47. The third kappa shape index (κ3) is 4.84. The normalized spacial score (nSPS) is 18.3. The van der Waals surface area contributed by atoms with Crippen LogP contribution in [0.25, 0.3) is 0 Å². The second-order valence-electron chi connectivity index (χ2n) is 5.70. The summed E-state index contributed by atoms with van der Waals surface area (Å²) >= 11 is 13.8. The van der Waals surface area contributed by atoms with Crippen LogP contribution >= 0.6 is 35.0 Å². The van der Waals surface area contributed by atoms with Crippen molar-refractivity contribution in [3.8, 4) is 0 Å². The zero-order chi connectivity index (χ0) is 17.0. The molecule has 1 aliphatic rings. The number of carbonyl (C=O) groups is 1. The summed E-state index contributed by atoms with van der Waals surface area (Å²) in [5.74, 6) is 1.75. The molecule has 128 valence electrons. The van der Waals surface area contributed by atoms with Gasteiger partial charge in [0.25, 0.3) is 0 Å². The lowest BCUT2D eigenvalue weighted by molar-refractivity contribution is -0.116. The Labute approximate surface area is 154 Å². The maximum Gasteiger partial charge on any atom is 0.224 e. The van der Waals surface area contributed by atoms with Crippen LogP contribution in [0.2, 0.25) is 0 Å². The number of aromatic amines is 1. The molecule has 1 saturated carbocycles. The molecule has 0 radical (unpaired) electrons. The topological polar surface area (TPSA) is 83.6 Å². The average molecular weight is 386 g/mol. The number of benzene rings is 1. The summed E-state index contributed by atoms with van der Waals surface area (Å²) < 4.78 is -0.569. The van der Waals surface area contributed by atoms with Crippen molar-refractivity contribution in [1.82, 2.24) is 20.6 Å². The monoisotopic (exact) mass is 385 g/mol. The summed E-state index contributed by atoms with van der Waals surface area (Å²) in [7, 11) is 0. The van der Waals surface area contributed by atoms with Gasteiger partial charge in [-0.2, -0.15) is 5.21 Å². The minimum absolute atomic E-state index is 0.0259. The Morgan fingerprint density at radius 2 is 2.21 bits per heavy atom. The van der Waals surface area contributed by atoms with Gasteiger partial charge >= 0.3 is 0 Å². The number of H-pyrrole nitrogens is 1. The van der Waals surface area contributed by atoms with Crippen molar-refractivity contribution in [3.63, 3.8) is 0 Å². The van der Waals surface area contributed by atoms with E-state index in [0.717, 1.165) is 22.8 Å². The fourth-order valence-corrected chi connectivity index (χ4v) is 4.19. The number of tetrazole rings is 1. The second kappa shape index (κ2) is 7.72. The number of nitrogens with one attached hydrogen (secondary N) is 2. The van der Waals surface area contributed by atoms with Crippen LogP contribution in [0.4, 0.5) is 5.69 Å². The summed E-state index contributed by atoms with van der Waals surface area (Å²) in [5, 5.41) is 16.6. The van der Waals surface area contributed by atoms with Crippen molar-refractivity contribution in [2.45, 2.75) is 34.9 Å². The van der Waals surface area contributed by atoms with Gasteiger partial charge in [0.15, 0.2) is 5.82 Å². The molecule has 1 fully saturated rings. The van der Waals surface area contributed by atoms with Gasteiger partial charge in [-0.15, -0.1) is 45.2 Å². The average Bonchev–Trinajstić information content (AvgIpc) is 2.94. The third-order valence-corrected chi connectivity index (χ3v) is 5.91. The van der Waals surface area contributed by atoms with E-state index in [-0.39, 0.29) is 5.91 Å². The van der Waals surface area contributed by atoms with Gasteiger partial charge < -0.3 is 5.32 Å². The first-order valence-electron chi connectivity index (χ1n) is 7.66. The minimum Gasteiger partial charge on any atom is -0.325 e. The van der Waals surface area contributed by atoms with Crippen LogP contribution in [-0.4, -0.2) is 36.6 Å². The fraction of sp³-hybridized carbons (Fsp3) is 0.467. The molecule has 0 spiro atoms. The molecule has 0 saturated heterocycles. The molecule has 2 aromatic rings. The van der Waals surface area contributed by atoms with E-state index >= 15 is 0 Å². The van der Waals surface area contributed by atoms with Crippen molar-refractivity contribution in [2.24, 2.45) is 5.92 Å². The van der Waals surface area contributed by atoms with Crippen molar-refractivity contribution >= 4 is 46.6 Å². The lowest BCUT2D eigenvalue weighted by atomic mass is 10.2. The molecule has 1 heterocycles. The van der Waals surface area contributed by atoms with Crippen LogP contribution in [0.1, 0.15) is 25.1 Å². The summed E-state index contributed by atoms with van der Waals surface area (Å²) in [6.45, 7) is 0. The number of carbonyl (C=O) groups excluding carboxylic acids is 1. The second-order valence-corrected chi connectivity index (χ2v) is 8.30. The number of alkyl halides is 2. The van der Waals surface area contributed by atoms with E-state index in [1.165, 1.54) is 0 Å². The largest absolute Gasteiger partial charge is 0.325 e. The lowest BCUT2D eigenvalue weighted by Crippen LogP contribution is -2.12. The number of para-hydroxylation sites is 1. The number of thioether (sulfide) groups is 1. The zero-order valence-corrected chi connectivity index (χ0v) is 15.2. The van der Waals surface area contributed by atoms with E-state index in [9.17, 15) is 4.79 Å². The van der Waals surface area contributed by atoms with Gasteiger partial charge in [-0.1, -0.05) is 17.3 Å². The fourth-order valence-electron chi connectivity index (χ4n) is 2.24. The van der Waals surface area contributed by atoms with E-state index in [1.807, 2.05) is 24.3 Å². The smallest absolute Gasteiger partial charge is 0.224 e. The molecule has 0 aliphatic heterocycles. The van der Waals surface area contributed by atoms with Gasteiger partial charge in [-0.25, -0.2) is 0 Å². The molecule has 1 aromatic heterocycles. The molecule has 1 aromatic carbocycles. The molecule has 1 atom stereocenters. The highest BCUT2D eigenvalue weighted by atomic mass is 35.5. The number of rotatable bonds is 8. The van der Waals surface area contributed by atoms with Crippen LogP contribution in [0.15, 0.2) is 29.2 Å². The Kier molecular flexibility index (Phi) is 5.63. The standard InChI is InChI=1S/C15H17Cl2N5OS/c16-15(17)8-10(15)9-24-12-5-2-1-4-11(12)18-14(23)7-3-6-13-19-21-22-20-13/h1-2,4-5,10H,3,6-9H2,(H,18,23)(H,19,20,21,22). The Morgan fingerprint density at radius 3 is 2.92 bits per heavy atom. The molecular formula is C15H17Cl2N5OS. The molecule has 24 heavy (non-hydrogen) atoms. The Morgan fingerprint density at radius 1 is 1.42 bits per heavy atom. The molecule has 0 bridgehead atoms. The van der Waals surface area contributed by atoms with Crippen molar-refractivity contribution < 1.29 is 4.79 Å². The number of nitrogens with zero attached hydrogens (tertiary/aromatic N) is 3. The Bertz CT molecular complexity index is 695. The van der Waals surface area contributed by atoms with Crippen molar-refractivity contribution in [1.29, 1.82) is 0 Å². The van der Waals surface area contributed by atoms with Crippen LogP contribution in [0.3, 0.4) is 0 Å². The van der Waals surface area contributed by atoms with Crippen molar-refractivity contribution in [3.05, 3.63) is 30.1 Å². The van der Waals surface area contributed by atoms with Crippen LogP contribution < -0.4 is 5.32 Å². The number of amides is 1. The molecule has 1 unspecified atom stereocenters. The quantitative estimate of drug-likeness (QED) is 0.536. The lowest BCUT2D eigenvalue weighted by Gasteiger charge is -2.10. The van der Waals surface area contributed by atoms with E-state index in [4.69, 9.17) is 23.2 Å². The maximum absolute atomic E-state index is 12.1. The Hall–Kier alpha value is -1.31. The summed E-state index contributed by atoms with van der Waals surface area (Å²) in [4.78, 5) is 13.1. The summed E-state index contributed by atoms with van der Waals surface area (Å²) in [5.41, 5.74) is 0.822. The van der Waals surface area contributed by atoms with Gasteiger partial charge in [-0.05, 0) is 25.0 Å².